The van der Waals surface area contributed by atoms with Crippen molar-refractivity contribution in [1.29, 1.82) is 0 Å². The number of rotatable bonds is 8. The summed E-state index contributed by atoms with van der Waals surface area (Å²) >= 11 is 4.76. The molecule has 5 heterocycles. The maximum absolute atomic E-state index is 13.0. The van der Waals surface area contributed by atoms with Crippen LogP contribution in [0, 0.1) is 5.92 Å². The lowest BCUT2D eigenvalue weighted by molar-refractivity contribution is -0.116. The van der Waals surface area contributed by atoms with E-state index in [2.05, 4.69) is 26.8 Å². The lowest BCUT2D eigenvalue weighted by Gasteiger charge is -2.31. The minimum atomic E-state index is -0.0272. The topological polar surface area (TPSA) is 66.7 Å². The summed E-state index contributed by atoms with van der Waals surface area (Å²) in [5.41, 5.74) is 1.84. The van der Waals surface area contributed by atoms with E-state index in [4.69, 9.17) is 0 Å². The van der Waals surface area contributed by atoms with Gasteiger partial charge in [-0.25, -0.2) is 4.98 Å². The van der Waals surface area contributed by atoms with Crippen molar-refractivity contribution in [3.05, 3.63) is 82.3 Å². The molecule has 1 fully saturated rings. The fraction of sp³-hybridized carbons (Fsp3) is 0.276. The molecule has 2 aliphatic heterocycles. The summed E-state index contributed by atoms with van der Waals surface area (Å²) in [5.74, 6) is 0.718. The minimum absolute atomic E-state index is 0.0272. The predicted octanol–water partition coefficient (Wildman–Crippen LogP) is 6.44. The molecule has 0 radical (unpaired) electrons. The van der Waals surface area contributed by atoms with E-state index in [-0.39, 0.29) is 11.8 Å². The molecule has 2 aliphatic rings. The van der Waals surface area contributed by atoms with Crippen molar-refractivity contribution in [3.63, 3.8) is 0 Å². The Hall–Kier alpha value is -3.01. The number of amides is 2. The average Bonchev–Trinajstić information content (AvgIpc) is 3.60. The molecule has 1 aromatic carbocycles. The summed E-state index contributed by atoms with van der Waals surface area (Å²) in [7, 11) is 0. The van der Waals surface area contributed by atoms with E-state index < -0.39 is 0 Å². The molecule has 1 N–H and O–H groups in total. The molecule has 0 spiro atoms. The zero-order valence-corrected chi connectivity index (χ0v) is 23.3. The van der Waals surface area contributed by atoms with Gasteiger partial charge < -0.3 is 10.2 Å². The number of thioether (sulfide) groups is 1. The van der Waals surface area contributed by atoms with Crippen LogP contribution in [0.15, 0.2) is 85.9 Å². The molecular formula is C29H28N4O2S3. The van der Waals surface area contributed by atoms with Gasteiger partial charge in [0.2, 0.25) is 0 Å². The van der Waals surface area contributed by atoms with Gasteiger partial charge in [0.1, 0.15) is 5.65 Å². The standard InChI is InChI=1S/C29H28N4O2S3/c34-28(24-18-21-19-31-25-9-4-10-26(37-24)33(21)25)30-15-5-6-20-13-16-32(17-14-20)29(35)23-11-12-27(38-23)36-22-7-2-1-3-8-22/h1-4,7-12,18-20H,5-6,13-17H2,(H,30,34). The molecule has 0 atom stereocenters. The molecule has 3 aromatic heterocycles. The largest absolute Gasteiger partial charge is 0.352 e. The van der Waals surface area contributed by atoms with E-state index in [1.165, 1.54) is 16.7 Å². The number of hydrogen-bond acceptors (Lipinski definition) is 6. The molecule has 1 saturated heterocycles. The van der Waals surface area contributed by atoms with Crippen molar-refractivity contribution in [2.24, 2.45) is 5.92 Å². The van der Waals surface area contributed by atoms with E-state index in [0.717, 1.165) is 64.2 Å². The minimum Gasteiger partial charge on any atom is -0.352 e. The number of carbonyl (C=O) groups is 2. The number of likely N-dealkylation sites (tertiary alicyclic amines) is 1. The Bertz CT molecular complexity index is 1490. The maximum atomic E-state index is 13.0. The molecule has 6 rings (SSSR count). The van der Waals surface area contributed by atoms with Crippen LogP contribution in [0.2, 0.25) is 0 Å². The first-order valence-corrected chi connectivity index (χ1v) is 15.4. The van der Waals surface area contributed by atoms with Crippen molar-refractivity contribution in [3.8, 4) is 0 Å². The van der Waals surface area contributed by atoms with Gasteiger partial charge >= 0.3 is 0 Å². The highest BCUT2D eigenvalue weighted by Crippen LogP contribution is 2.35. The Morgan fingerprint density at radius 2 is 1.87 bits per heavy atom. The number of piperidine rings is 1. The van der Waals surface area contributed by atoms with Gasteiger partial charge in [-0.3, -0.25) is 14.0 Å². The number of nitrogens with one attached hydrogen (secondary N) is 1. The second-order valence-corrected chi connectivity index (χ2v) is 13.0. The van der Waals surface area contributed by atoms with Crippen LogP contribution in [0.3, 0.4) is 0 Å². The normalized spacial score (nSPS) is 15.5. The number of imidazole rings is 1. The van der Waals surface area contributed by atoms with Crippen molar-refractivity contribution < 1.29 is 9.59 Å². The van der Waals surface area contributed by atoms with Crippen LogP contribution in [0.25, 0.3) is 11.7 Å². The molecule has 0 unspecified atom stereocenters. The number of benzene rings is 1. The monoisotopic (exact) mass is 560 g/mol. The van der Waals surface area contributed by atoms with E-state index in [9.17, 15) is 9.59 Å². The van der Waals surface area contributed by atoms with Crippen molar-refractivity contribution in [1.82, 2.24) is 19.6 Å². The maximum Gasteiger partial charge on any atom is 0.263 e. The SMILES string of the molecule is O=C(NCCCC1CCN(C(=O)c2ccc(Sc3ccccc3)s2)CC1)C1=Cc2cnc3cccc(n23)S1. The molecule has 0 saturated carbocycles. The van der Waals surface area contributed by atoms with Crippen molar-refractivity contribution in [2.75, 3.05) is 19.6 Å². The van der Waals surface area contributed by atoms with E-state index in [0.29, 0.717) is 17.4 Å². The predicted molar refractivity (Wildman–Crippen MR) is 155 cm³/mol. The van der Waals surface area contributed by atoms with Crippen molar-refractivity contribution in [2.45, 2.75) is 39.8 Å². The number of pyridine rings is 1. The van der Waals surface area contributed by atoms with E-state index in [1.54, 1.807) is 23.1 Å². The first-order chi connectivity index (χ1) is 18.6. The first-order valence-electron chi connectivity index (χ1n) is 12.9. The van der Waals surface area contributed by atoms with E-state index >= 15 is 0 Å². The summed E-state index contributed by atoms with van der Waals surface area (Å²) in [6, 6.07) is 20.2. The van der Waals surface area contributed by atoms with Gasteiger partial charge in [0.25, 0.3) is 11.8 Å². The second-order valence-electron chi connectivity index (χ2n) is 9.52. The molecule has 6 nitrogen and oxygen atoms in total. The summed E-state index contributed by atoms with van der Waals surface area (Å²) < 4.78 is 3.21. The summed E-state index contributed by atoms with van der Waals surface area (Å²) in [4.78, 5) is 34.9. The lowest BCUT2D eigenvalue weighted by Crippen LogP contribution is -2.38. The zero-order chi connectivity index (χ0) is 25.9. The van der Waals surface area contributed by atoms with Gasteiger partial charge in [-0.05, 0) is 74.1 Å². The highest BCUT2D eigenvalue weighted by molar-refractivity contribution is 8.04. The van der Waals surface area contributed by atoms with E-state index in [1.807, 2.05) is 65.7 Å². The number of carbonyl (C=O) groups excluding carboxylic acids is 2. The molecule has 38 heavy (non-hydrogen) atoms. The van der Waals surface area contributed by atoms with Crippen LogP contribution in [-0.4, -0.2) is 45.7 Å². The third kappa shape index (κ3) is 5.55. The third-order valence-electron chi connectivity index (χ3n) is 6.97. The Labute approximate surface area is 234 Å². The van der Waals surface area contributed by atoms with Crippen LogP contribution in [0.4, 0.5) is 0 Å². The van der Waals surface area contributed by atoms with Gasteiger partial charge in [-0.1, -0.05) is 47.8 Å². The first kappa shape index (κ1) is 25.3. The third-order valence-corrected chi connectivity index (χ3v) is 10.2. The number of aromatic nitrogens is 2. The number of nitrogens with zero attached hydrogens (tertiary/aromatic N) is 3. The van der Waals surface area contributed by atoms with Gasteiger partial charge in [-0.15, -0.1) is 11.3 Å². The zero-order valence-electron chi connectivity index (χ0n) is 20.8. The Balaban J connectivity index is 0.927. The number of hydrogen-bond donors (Lipinski definition) is 1. The van der Waals surface area contributed by atoms with Crippen LogP contribution < -0.4 is 5.32 Å². The highest BCUT2D eigenvalue weighted by Gasteiger charge is 2.25. The summed E-state index contributed by atoms with van der Waals surface area (Å²) in [6.45, 7) is 2.27. The molecular weight excluding hydrogens is 533 g/mol. The highest BCUT2D eigenvalue weighted by atomic mass is 32.2. The van der Waals surface area contributed by atoms with Crippen LogP contribution in [-0.2, 0) is 4.79 Å². The van der Waals surface area contributed by atoms with Gasteiger partial charge in [0.05, 0.1) is 30.9 Å². The summed E-state index contributed by atoms with van der Waals surface area (Å²) in [6.07, 6.45) is 7.77. The average molecular weight is 561 g/mol. The summed E-state index contributed by atoms with van der Waals surface area (Å²) in [5, 5.41) is 4.10. The molecule has 194 valence electrons. The molecule has 0 bridgehead atoms. The van der Waals surface area contributed by atoms with Gasteiger partial charge in [0, 0.05) is 24.5 Å². The Morgan fingerprint density at radius 1 is 1.03 bits per heavy atom. The van der Waals surface area contributed by atoms with Crippen LogP contribution in [0.5, 0.6) is 0 Å². The lowest BCUT2D eigenvalue weighted by atomic mass is 9.92. The quantitative estimate of drug-likeness (QED) is 0.251. The molecule has 4 aromatic rings. The van der Waals surface area contributed by atoms with Crippen LogP contribution >= 0.6 is 34.9 Å². The molecule has 2 amide bonds. The fourth-order valence-corrected chi connectivity index (χ4v) is 8.05. The Morgan fingerprint density at radius 3 is 2.71 bits per heavy atom. The van der Waals surface area contributed by atoms with Gasteiger partial charge in [0.15, 0.2) is 0 Å². The fourth-order valence-electron chi connectivity index (χ4n) is 4.95. The van der Waals surface area contributed by atoms with Gasteiger partial charge in [-0.2, -0.15) is 0 Å². The van der Waals surface area contributed by atoms with Crippen LogP contribution in [0.1, 0.15) is 41.0 Å². The van der Waals surface area contributed by atoms with Crippen molar-refractivity contribution >= 4 is 58.4 Å². The smallest absolute Gasteiger partial charge is 0.263 e. The Kier molecular flexibility index (Phi) is 7.58. The number of thiophene rings is 1. The molecule has 0 aliphatic carbocycles. The molecule has 9 heteroatoms. The second kappa shape index (κ2) is 11.4.